The molecule has 0 rings (SSSR count). The highest BCUT2D eigenvalue weighted by Crippen LogP contribution is 2.04. The molecule has 0 spiro atoms. The van der Waals surface area contributed by atoms with Gasteiger partial charge in [0.05, 0.1) is 6.67 Å². The smallest absolute Gasteiger partial charge is 0.100 e. The minimum absolute atomic E-state index is 0.264. The third-order valence-electron chi connectivity index (χ3n) is 0.964. The monoisotopic (exact) mass is 121 g/mol. The zero-order chi connectivity index (χ0) is 6.41. The van der Waals surface area contributed by atoms with Gasteiger partial charge in [0.25, 0.3) is 0 Å². The van der Waals surface area contributed by atoms with Crippen molar-refractivity contribution in [3.63, 3.8) is 0 Å². The van der Waals surface area contributed by atoms with E-state index in [1.165, 1.54) is 0 Å². The van der Waals surface area contributed by atoms with Crippen LogP contribution in [0.25, 0.3) is 0 Å². The van der Waals surface area contributed by atoms with E-state index in [0.29, 0.717) is 12.8 Å². The fourth-order valence-corrected chi connectivity index (χ4v) is 0.443. The molecule has 0 N–H and O–H groups in total. The maximum Gasteiger partial charge on any atom is 0.100 e. The summed E-state index contributed by atoms with van der Waals surface area (Å²) in [5.41, 5.74) is 0. The summed E-state index contributed by atoms with van der Waals surface area (Å²) >= 11 is 0. The lowest BCUT2D eigenvalue weighted by atomic mass is 10.2. The van der Waals surface area contributed by atoms with Crippen LogP contribution in [-0.2, 0) is 0 Å². The third kappa shape index (κ3) is 4.03. The van der Waals surface area contributed by atoms with Gasteiger partial charge in [-0.05, 0) is 19.3 Å². The van der Waals surface area contributed by atoms with Crippen LogP contribution in [0.2, 0.25) is 0 Å². The van der Waals surface area contributed by atoms with Gasteiger partial charge in [-0.25, -0.2) is 4.39 Å². The summed E-state index contributed by atoms with van der Waals surface area (Å²) in [5, 5.41) is 0. The van der Waals surface area contributed by atoms with Gasteiger partial charge in [-0.1, -0.05) is 6.92 Å². The molecule has 0 amide bonds. The molecule has 0 saturated heterocycles. The van der Waals surface area contributed by atoms with Crippen LogP contribution >= 0.6 is 0 Å². The quantitative estimate of drug-likeness (QED) is 0.535. The Morgan fingerprint density at radius 3 is 2.50 bits per heavy atom. The lowest BCUT2D eigenvalue weighted by Crippen LogP contribution is -1.97. The summed E-state index contributed by atoms with van der Waals surface area (Å²) in [7, 11) is 0. The second-order valence-corrected chi connectivity index (χ2v) is 1.72. The van der Waals surface area contributed by atoms with E-state index in [4.69, 9.17) is 0 Å². The van der Waals surface area contributed by atoms with Gasteiger partial charge < -0.3 is 0 Å². The number of alkyl halides is 2. The topological polar surface area (TPSA) is 0 Å². The summed E-state index contributed by atoms with van der Waals surface area (Å²) in [5.74, 6) is 0. The van der Waals surface area contributed by atoms with Crippen molar-refractivity contribution >= 4 is 0 Å². The molecule has 1 atom stereocenters. The van der Waals surface area contributed by atoms with Crippen LogP contribution in [0, 0.1) is 6.92 Å². The largest absolute Gasteiger partial charge is 0.251 e. The summed E-state index contributed by atoms with van der Waals surface area (Å²) in [6.45, 7) is 2.92. The molecule has 0 aliphatic heterocycles. The van der Waals surface area contributed by atoms with Gasteiger partial charge in [0.15, 0.2) is 0 Å². The van der Waals surface area contributed by atoms with Crippen LogP contribution in [0.1, 0.15) is 19.3 Å². The maximum absolute atomic E-state index is 12.1. The summed E-state index contributed by atoms with van der Waals surface area (Å²) in [6, 6.07) is 0. The van der Waals surface area contributed by atoms with Crippen LogP contribution in [0.15, 0.2) is 0 Å². The molecule has 0 aliphatic rings. The van der Waals surface area contributed by atoms with E-state index in [0.717, 1.165) is 0 Å². The fourth-order valence-electron chi connectivity index (χ4n) is 0.443. The average molecular weight is 121 g/mol. The van der Waals surface area contributed by atoms with E-state index in [9.17, 15) is 8.78 Å². The first-order valence-corrected chi connectivity index (χ1v) is 2.80. The molecule has 0 saturated carbocycles. The Kier molecular flexibility index (Phi) is 4.92. The summed E-state index contributed by atoms with van der Waals surface area (Å²) < 4.78 is 23.4. The van der Waals surface area contributed by atoms with E-state index in [1.807, 2.05) is 0 Å². The summed E-state index contributed by atoms with van der Waals surface area (Å²) in [4.78, 5) is 0. The number of rotatable bonds is 4. The first-order chi connectivity index (χ1) is 3.81. The van der Waals surface area contributed by atoms with Gasteiger partial charge in [0, 0.05) is 0 Å². The normalized spacial score (nSPS) is 13.9. The van der Waals surface area contributed by atoms with Crippen molar-refractivity contribution in [2.24, 2.45) is 0 Å². The molecule has 49 valence electrons. The first kappa shape index (κ1) is 7.86. The van der Waals surface area contributed by atoms with Gasteiger partial charge in [0.2, 0.25) is 0 Å². The fraction of sp³-hybridized carbons (Fsp3) is 0.833. The van der Waals surface area contributed by atoms with Gasteiger partial charge >= 0.3 is 0 Å². The molecule has 2 heteroatoms. The van der Waals surface area contributed by atoms with Crippen LogP contribution in [0.3, 0.4) is 0 Å². The van der Waals surface area contributed by atoms with E-state index < -0.39 is 12.8 Å². The van der Waals surface area contributed by atoms with Crippen LogP contribution < -0.4 is 0 Å². The minimum atomic E-state index is -0.897. The molecule has 0 bridgehead atoms. The van der Waals surface area contributed by atoms with Crippen LogP contribution in [0.4, 0.5) is 8.78 Å². The molecule has 1 radical (unpaired) electrons. The highest BCUT2D eigenvalue weighted by molar-refractivity contribution is 4.56. The van der Waals surface area contributed by atoms with E-state index in [1.54, 1.807) is 0 Å². The van der Waals surface area contributed by atoms with Crippen molar-refractivity contribution in [2.75, 3.05) is 6.67 Å². The van der Waals surface area contributed by atoms with Crippen molar-refractivity contribution < 1.29 is 8.78 Å². The molecular formula is C6H11F2. The lowest BCUT2D eigenvalue weighted by molar-refractivity contribution is 0.296. The Labute approximate surface area is 48.9 Å². The van der Waals surface area contributed by atoms with Gasteiger partial charge in [-0.15, -0.1) is 0 Å². The van der Waals surface area contributed by atoms with Gasteiger partial charge in [-0.3, -0.25) is 4.39 Å². The lowest BCUT2D eigenvalue weighted by Gasteiger charge is -1.99. The third-order valence-corrected chi connectivity index (χ3v) is 0.964. The average Bonchev–Trinajstić information content (AvgIpc) is 1.83. The highest BCUT2D eigenvalue weighted by Gasteiger charge is 2.00. The number of hydrogen-bond donors (Lipinski definition) is 0. The molecule has 0 heterocycles. The minimum Gasteiger partial charge on any atom is -0.251 e. The molecule has 0 aliphatic carbocycles. The molecule has 0 aromatic heterocycles. The van der Waals surface area contributed by atoms with E-state index in [-0.39, 0.29) is 6.42 Å². The Hall–Kier alpha value is -0.140. The molecule has 0 unspecified atom stereocenters. The van der Waals surface area contributed by atoms with Crippen LogP contribution in [0.5, 0.6) is 0 Å². The van der Waals surface area contributed by atoms with Crippen molar-refractivity contribution in [2.45, 2.75) is 25.4 Å². The highest BCUT2D eigenvalue weighted by atomic mass is 19.1. The predicted molar refractivity (Wildman–Crippen MR) is 30.1 cm³/mol. The standard InChI is InChI=1S/C6H11F2/c1-2-6(8)4-3-5-7/h6H,1-5H2/t6-/m0/s1. The molecule has 0 fully saturated rings. The molecule has 8 heavy (non-hydrogen) atoms. The Balaban J connectivity index is 2.86. The Bertz CT molecular complexity index is 45.8. The predicted octanol–water partition coefficient (Wildman–Crippen LogP) is 2.30. The molecule has 0 aromatic rings. The van der Waals surface area contributed by atoms with Gasteiger partial charge in [-0.2, -0.15) is 0 Å². The molecule has 0 nitrogen and oxygen atoms in total. The first-order valence-electron chi connectivity index (χ1n) is 2.80. The van der Waals surface area contributed by atoms with Crippen LogP contribution in [-0.4, -0.2) is 12.8 Å². The van der Waals surface area contributed by atoms with Crippen molar-refractivity contribution in [3.05, 3.63) is 6.92 Å². The van der Waals surface area contributed by atoms with Crippen molar-refractivity contribution in [1.29, 1.82) is 0 Å². The SMILES string of the molecule is [CH2]C[C@H](F)CCCF. The van der Waals surface area contributed by atoms with Crippen molar-refractivity contribution in [1.82, 2.24) is 0 Å². The van der Waals surface area contributed by atoms with Gasteiger partial charge in [0.1, 0.15) is 6.17 Å². The number of hydrogen-bond acceptors (Lipinski definition) is 0. The summed E-state index contributed by atoms with van der Waals surface area (Å²) in [6.07, 6.45) is 0.0159. The van der Waals surface area contributed by atoms with E-state index in [2.05, 4.69) is 6.92 Å². The molecular weight excluding hydrogens is 110 g/mol. The van der Waals surface area contributed by atoms with E-state index >= 15 is 0 Å². The Morgan fingerprint density at radius 2 is 2.12 bits per heavy atom. The second kappa shape index (κ2) is 5.01. The zero-order valence-corrected chi connectivity index (χ0v) is 4.87. The molecule has 0 aromatic carbocycles. The maximum atomic E-state index is 12.1. The Morgan fingerprint density at radius 1 is 1.50 bits per heavy atom. The number of halogens is 2. The zero-order valence-electron chi connectivity index (χ0n) is 4.87. The van der Waals surface area contributed by atoms with Crippen molar-refractivity contribution in [3.8, 4) is 0 Å². The second-order valence-electron chi connectivity index (χ2n) is 1.72.